The minimum absolute atomic E-state index is 0.195. The summed E-state index contributed by atoms with van der Waals surface area (Å²) in [6.45, 7) is 0.383. The lowest BCUT2D eigenvalue weighted by atomic mass is 10.1. The molecule has 0 N–H and O–H groups in total. The van der Waals surface area contributed by atoms with Gasteiger partial charge in [0, 0.05) is 16.7 Å². The fourth-order valence-electron chi connectivity index (χ4n) is 3.10. The largest absolute Gasteiger partial charge is 0.497 e. The van der Waals surface area contributed by atoms with Crippen LogP contribution in [0.4, 0.5) is 0 Å². The molecule has 0 aromatic heterocycles. The molecule has 4 rings (SSSR count). The van der Waals surface area contributed by atoms with Crippen LogP contribution in [-0.4, -0.2) is 20.0 Å². The minimum Gasteiger partial charge on any atom is -0.497 e. The van der Waals surface area contributed by atoms with Crippen LogP contribution in [0.2, 0.25) is 5.02 Å². The van der Waals surface area contributed by atoms with Gasteiger partial charge in [0.25, 0.3) is 0 Å². The molecule has 1 aliphatic heterocycles. The zero-order valence-corrected chi connectivity index (χ0v) is 17.2. The molecule has 3 aromatic rings. The molecule has 6 heteroatoms. The highest BCUT2D eigenvalue weighted by Crippen LogP contribution is 2.36. The maximum absolute atomic E-state index is 12.8. The van der Waals surface area contributed by atoms with Gasteiger partial charge >= 0.3 is 0 Å². The number of fused-ring (bicyclic) bond motifs is 1. The summed E-state index contributed by atoms with van der Waals surface area (Å²) in [5.41, 5.74) is 2.16. The molecular formula is C24H19ClO5. The number of halogens is 1. The van der Waals surface area contributed by atoms with Gasteiger partial charge in [0.1, 0.15) is 29.6 Å². The van der Waals surface area contributed by atoms with Crippen molar-refractivity contribution in [1.82, 2.24) is 0 Å². The molecule has 0 saturated heterocycles. The highest BCUT2D eigenvalue weighted by molar-refractivity contribution is 6.30. The van der Waals surface area contributed by atoms with Crippen molar-refractivity contribution in [1.29, 1.82) is 0 Å². The summed E-state index contributed by atoms with van der Waals surface area (Å²) in [6, 6.07) is 18.0. The van der Waals surface area contributed by atoms with Crippen LogP contribution in [0.25, 0.3) is 6.08 Å². The summed E-state index contributed by atoms with van der Waals surface area (Å²) in [5, 5.41) is 0.676. The predicted octanol–water partition coefficient (Wildman–Crippen LogP) is 5.55. The summed E-state index contributed by atoms with van der Waals surface area (Å²) in [4.78, 5) is 12.8. The van der Waals surface area contributed by atoms with Gasteiger partial charge < -0.3 is 18.9 Å². The van der Waals surface area contributed by atoms with Crippen LogP contribution in [0.1, 0.15) is 21.5 Å². The first kappa shape index (κ1) is 19.9. The third-order valence-electron chi connectivity index (χ3n) is 4.68. The number of allylic oxidation sites excluding steroid dienone is 1. The molecule has 3 aromatic carbocycles. The molecule has 5 nitrogen and oxygen atoms in total. The van der Waals surface area contributed by atoms with Crippen LogP contribution in [0, 0.1) is 0 Å². The molecule has 0 aliphatic carbocycles. The van der Waals surface area contributed by atoms with E-state index in [9.17, 15) is 4.79 Å². The Hall–Kier alpha value is -3.44. The summed E-state index contributed by atoms with van der Waals surface area (Å²) in [7, 11) is 3.15. The second-order valence-electron chi connectivity index (χ2n) is 6.62. The molecule has 30 heavy (non-hydrogen) atoms. The molecule has 0 spiro atoms. The summed E-state index contributed by atoms with van der Waals surface area (Å²) < 4.78 is 22.3. The van der Waals surface area contributed by atoms with Crippen LogP contribution in [0.5, 0.6) is 23.0 Å². The van der Waals surface area contributed by atoms with Crippen LogP contribution >= 0.6 is 11.6 Å². The average Bonchev–Trinajstić information content (AvgIpc) is 3.08. The van der Waals surface area contributed by atoms with Gasteiger partial charge in [-0.15, -0.1) is 0 Å². The SMILES string of the molecule is COc1ccc(OC)c(C=C2Oc3cc(OCc4ccc(Cl)cc4)ccc3C2=O)c1. The quantitative estimate of drug-likeness (QED) is 0.487. The maximum Gasteiger partial charge on any atom is 0.231 e. The fourth-order valence-corrected chi connectivity index (χ4v) is 3.22. The van der Waals surface area contributed by atoms with E-state index in [2.05, 4.69) is 0 Å². The predicted molar refractivity (Wildman–Crippen MR) is 115 cm³/mol. The lowest BCUT2D eigenvalue weighted by Crippen LogP contribution is -1.99. The van der Waals surface area contributed by atoms with E-state index in [1.807, 2.05) is 24.3 Å². The number of rotatable bonds is 6. The van der Waals surface area contributed by atoms with E-state index in [1.54, 1.807) is 56.7 Å². The number of carbonyl (C=O) groups excluding carboxylic acids is 1. The lowest BCUT2D eigenvalue weighted by molar-refractivity contribution is 0.101. The van der Waals surface area contributed by atoms with Gasteiger partial charge in [-0.2, -0.15) is 0 Å². The molecule has 1 heterocycles. The Morgan fingerprint density at radius 2 is 1.70 bits per heavy atom. The number of benzene rings is 3. The normalized spacial score (nSPS) is 13.7. The average molecular weight is 423 g/mol. The molecule has 0 bridgehead atoms. The Labute approximate surface area is 179 Å². The summed E-state index contributed by atoms with van der Waals surface area (Å²) in [6.07, 6.45) is 1.65. The van der Waals surface area contributed by atoms with E-state index in [0.29, 0.717) is 45.8 Å². The van der Waals surface area contributed by atoms with Crippen molar-refractivity contribution in [2.75, 3.05) is 14.2 Å². The minimum atomic E-state index is -0.195. The van der Waals surface area contributed by atoms with E-state index in [0.717, 1.165) is 5.56 Å². The first-order valence-corrected chi connectivity index (χ1v) is 9.63. The van der Waals surface area contributed by atoms with Gasteiger partial charge in [0.2, 0.25) is 5.78 Å². The molecule has 0 radical (unpaired) electrons. The van der Waals surface area contributed by atoms with Crippen molar-refractivity contribution in [3.8, 4) is 23.0 Å². The van der Waals surface area contributed by atoms with Crippen LogP contribution in [0.3, 0.4) is 0 Å². The fraction of sp³-hybridized carbons (Fsp3) is 0.125. The topological polar surface area (TPSA) is 54.0 Å². The summed E-state index contributed by atoms with van der Waals surface area (Å²) >= 11 is 5.90. The molecule has 0 saturated carbocycles. The zero-order chi connectivity index (χ0) is 21.1. The number of Topliss-reactive ketones (excluding diaryl/α,β-unsaturated/α-hetero) is 1. The van der Waals surface area contributed by atoms with Crippen LogP contribution < -0.4 is 18.9 Å². The Balaban J connectivity index is 1.54. The number of hydrogen-bond acceptors (Lipinski definition) is 5. The van der Waals surface area contributed by atoms with Crippen molar-refractivity contribution in [3.63, 3.8) is 0 Å². The monoisotopic (exact) mass is 422 g/mol. The van der Waals surface area contributed by atoms with E-state index in [4.69, 9.17) is 30.5 Å². The third-order valence-corrected chi connectivity index (χ3v) is 4.94. The van der Waals surface area contributed by atoms with Gasteiger partial charge in [-0.25, -0.2) is 0 Å². The zero-order valence-electron chi connectivity index (χ0n) is 16.5. The number of ketones is 1. The molecule has 1 aliphatic rings. The number of carbonyl (C=O) groups is 1. The first-order valence-electron chi connectivity index (χ1n) is 9.25. The van der Waals surface area contributed by atoms with Crippen molar-refractivity contribution >= 4 is 23.5 Å². The van der Waals surface area contributed by atoms with Crippen molar-refractivity contribution in [2.45, 2.75) is 6.61 Å². The standard InChI is InChI=1S/C24H19ClO5/c1-27-18-8-10-21(28-2)16(11-18)12-23-24(26)20-9-7-19(13-22(20)30-23)29-14-15-3-5-17(25)6-4-15/h3-13H,14H2,1-2H3. The molecular weight excluding hydrogens is 404 g/mol. The lowest BCUT2D eigenvalue weighted by Gasteiger charge is -2.08. The van der Waals surface area contributed by atoms with Gasteiger partial charge in [-0.3, -0.25) is 4.79 Å². The van der Waals surface area contributed by atoms with E-state index in [-0.39, 0.29) is 11.5 Å². The van der Waals surface area contributed by atoms with E-state index >= 15 is 0 Å². The molecule has 0 atom stereocenters. The molecule has 152 valence electrons. The highest BCUT2D eigenvalue weighted by Gasteiger charge is 2.28. The van der Waals surface area contributed by atoms with Gasteiger partial charge in [-0.05, 0) is 54.1 Å². The number of methoxy groups -OCH3 is 2. The Morgan fingerprint density at radius 1 is 0.933 bits per heavy atom. The van der Waals surface area contributed by atoms with Gasteiger partial charge in [0.15, 0.2) is 5.76 Å². The number of ether oxygens (including phenoxy) is 4. The van der Waals surface area contributed by atoms with Gasteiger partial charge in [-0.1, -0.05) is 23.7 Å². The highest BCUT2D eigenvalue weighted by atomic mass is 35.5. The van der Waals surface area contributed by atoms with Gasteiger partial charge in [0.05, 0.1) is 19.8 Å². The van der Waals surface area contributed by atoms with Crippen molar-refractivity contribution in [2.24, 2.45) is 0 Å². The maximum atomic E-state index is 12.8. The van der Waals surface area contributed by atoms with Crippen molar-refractivity contribution in [3.05, 3.63) is 88.1 Å². The molecule has 0 fully saturated rings. The van der Waals surface area contributed by atoms with E-state index in [1.165, 1.54) is 0 Å². The Morgan fingerprint density at radius 3 is 2.43 bits per heavy atom. The Kier molecular flexibility index (Phi) is 5.63. The van der Waals surface area contributed by atoms with Crippen molar-refractivity contribution < 1.29 is 23.7 Å². The van der Waals surface area contributed by atoms with Crippen LogP contribution in [0.15, 0.2) is 66.4 Å². The Bertz CT molecular complexity index is 1120. The smallest absolute Gasteiger partial charge is 0.231 e. The first-order chi connectivity index (χ1) is 14.6. The number of hydrogen-bond donors (Lipinski definition) is 0. The van der Waals surface area contributed by atoms with Crippen LogP contribution in [-0.2, 0) is 6.61 Å². The third kappa shape index (κ3) is 4.11. The van der Waals surface area contributed by atoms with E-state index < -0.39 is 0 Å². The molecule has 0 unspecified atom stereocenters. The summed E-state index contributed by atoms with van der Waals surface area (Å²) in [5.74, 6) is 2.36. The second-order valence-corrected chi connectivity index (χ2v) is 7.06. The second kappa shape index (κ2) is 8.51. The molecule has 0 amide bonds.